The molecule has 0 spiro atoms. The van der Waals surface area contributed by atoms with Gasteiger partial charge in [0.05, 0.1) is 28.5 Å². The molecule has 1 aromatic heterocycles. The Morgan fingerprint density at radius 1 is 1.00 bits per heavy atom. The molecule has 3 aromatic rings. The fourth-order valence-corrected chi connectivity index (χ4v) is 3.93. The van der Waals surface area contributed by atoms with Crippen molar-refractivity contribution in [3.63, 3.8) is 0 Å². The molecule has 29 heavy (non-hydrogen) atoms. The normalized spacial score (nSPS) is 12.2. The first-order valence-electron chi connectivity index (χ1n) is 7.99. The summed E-state index contributed by atoms with van der Waals surface area (Å²) in [6.45, 7) is -0.314. The van der Waals surface area contributed by atoms with Crippen molar-refractivity contribution in [3.05, 3.63) is 77.0 Å². The van der Waals surface area contributed by atoms with E-state index in [4.69, 9.17) is 11.6 Å². The van der Waals surface area contributed by atoms with Gasteiger partial charge in [-0.3, -0.25) is 0 Å². The average molecular weight is 446 g/mol. The Bertz CT molecular complexity index is 1140. The largest absolute Gasteiger partial charge is 0.416 e. The van der Waals surface area contributed by atoms with Gasteiger partial charge < -0.3 is 0 Å². The molecule has 5 nitrogen and oxygen atoms in total. The molecule has 1 heterocycles. The fraction of sp³-hybridized carbons (Fsp3) is 0.111. The molecule has 152 valence electrons. The average Bonchev–Trinajstić information content (AvgIpc) is 2.66. The minimum absolute atomic E-state index is 0.256. The van der Waals surface area contributed by atoms with Gasteiger partial charge in [0.2, 0.25) is 10.0 Å². The number of halogens is 5. The summed E-state index contributed by atoms with van der Waals surface area (Å²) < 4.78 is 78.7. The molecule has 2 aromatic carbocycles. The molecule has 1 N–H and O–H groups in total. The molecule has 0 unspecified atom stereocenters. The molecule has 11 heteroatoms. The molecular weight excluding hydrogens is 434 g/mol. The number of hydrogen-bond donors (Lipinski definition) is 1. The van der Waals surface area contributed by atoms with Crippen LogP contribution in [0.2, 0.25) is 5.02 Å². The Morgan fingerprint density at radius 3 is 2.34 bits per heavy atom. The number of nitrogens with one attached hydrogen (secondary N) is 1. The molecule has 0 saturated heterocycles. The lowest BCUT2D eigenvalue weighted by atomic mass is 10.1. The molecule has 0 bridgehead atoms. The van der Waals surface area contributed by atoms with Crippen molar-refractivity contribution in [1.82, 2.24) is 14.7 Å². The van der Waals surface area contributed by atoms with E-state index in [-0.39, 0.29) is 17.3 Å². The number of alkyl halides is 3. The van der Waals surface area contributed by atoms with Gasteiger partial charge in [-0.05, 0) is 48.5 Å². The van der Waals surface area contributed by atoms with Crippen LogP contribution < -0.4 is 4.72 Å². The van der Waals surface area contributed by atoms with Crippen LogP contribution in [0.4, 0.5) is 17.6 Å². The summed E-state index contributed by atoms with van der Waals surface area (Å²) in [6.07, 6.45) is -3.52. The highest BCUT2D eigenvalue weighted by atomic mass is 35.5. The number of aromatic nitrogens is 2. The Kier molecular flexibility index (Phi) is 5.87. The van der Waals surface area contributed by atoms with Crippen LogP contribution in [-0.4, -0.2) is 18.4 Å². The van der Waals surface area contributed by atoms with Crippen molar-refractivity contribution >= 4 is 21.6 Å². The zero-order valence-electron chi connectivity index (χ0n) is 14.4. The van der Waals surface area contributed by atoms with Crippen molar-refractivity contribution in [3.8, 4) is 11.3 Å². The van der Waals surface area contributed by atoms with E-state index in [2.05, 4.69) is 14.7 Å². The van der Waals surface area contributed by atoms with Gasteiger partial charge in [-0.15, -0.1) is 0 Å². The van der Waals surface area contributed by atoms with E-state index in [1.807, 2.05) is 0 Å². The predicted molar refractivity (Wildman–Crippen MR) is 97.9 cm³/mol. The lowest BCUT2D eigenvalue weighted by molar-refractivity contribution is -0.137. The molecule has 0 aliphatic rings. The van der Waals surface area contributed by atoms with Crippen LogP contribution in [0.1, 0.15) is 11.3 Å². The molecule has 0 atom stereocenters. The molecule has 0 aliphatic carbocycles. The highest BCUT2D eigenvalue weighted by molar-refractivity contribution is 7.89. The molecule has 0 saturated carbocycles. The van der Waals surface area contributed by atoms with Crippen molar-refractivity contribution in [1.29, 1.82) is 0 Å². The van der Waals surface area contributed by atoms with E-state index in [0.717, 1.165) is 6.07 Å². The van der Waals surface area contributed by atoms with Crippen molar-refractivity contribution in [2.75, 3.05) is 0 Å². The number of hydrogen-bond acceptors (Lipinski definition) is 4. The molecular formula is C18H12ClF4N3O2S. The molecule has 0 amide bonds. The van der Waals surface area contributed by atoms with Crippen LogP contribution in [0.5, 0.6) is 0 Å². The highest BCUT2D eigenvalue weighted by Crippen LogP contribution is 2.33. The van der Waals surface area contributed by atoms with Gasteiger partial charge in [-0.25, -0.2) is 27.5 Å². The maximum Gasteiger partial charge on any atom is 0.416 e. The van der Waals surface area contributed by atoms with Crippen LogP contribution >= 0.6 is 11.6 Å². The maximum absolute atomic E-state index is 13.0. The molecule has 0 radical (unpaired) electrons. The van der Waals surface area contributed by atoms with Crippen LogP contribution in [-0.2, 0) is 22.7 Å². The van der Waals surface area contributed by atoms with Crippen LogP contribution in [0.3, 0.4) is 0 Å². The van der Waals surface area contributed by atoms with E-state index < -0.39 is 32.5 Å². The Labute approximate surface area is 168 Å². The summed E-state index contributed by atoms with van der Waals surface area (Å²) in [6, 6.07) is 8.99. The van der Waals surface area contributed by atoms with Gasteiger partial charge in [0.25, 0.3) is 0 Å². The third-order valence-corrected chi connectivity index (χ3v) is 5.74. The lowest BCUT2D eigenvalue weighted by Gasteiger charge is -2.12. The van der Waals surface area contributed by atoms with Crippen LogP contribution in [0.25, 0.3) is 11.3 Å². The van der Waals surface area contributed by atoms with E-state index in [9.17, 15) is 26.0 Å². The second-order valence-corrected chi connectivity index (χ2v) is 8.01. The van der Waals surface area contributed by atoms with Crippen molar-refractivity contribution < 1.29 is 26.0 Å². The topological polar surface area (TPSA) is 72.0 Å². The number of rotatable bonds is 5. The number of benzene rings is 2. The van der Waals surface area contributed by atoms with E-state index in [1.54, 1.807) is 0 Å². The third kappa shape index (κ3) is 5.08. The van der Waals surface area contributed by atoms with Crippen molar-refractivity contribution in [2.45, 2.75) is 17.6 Å². The summed E-state index contributed by atoms with van der Waals surface area (Å²) >= 11 is 5.79. The second-order valence-electron chi connectivity index (χ2n) is 5.87. The first kappa shape index (κ1) is 21.2. The van der Waals surface area contributed by atoms with Gasteiger partial charge in [0.15, 0.2) is 0 Å². The quantitative estimate of drug-likeness (QED) is 0.590. The van der Waals surface area contributed by atoms with Crippen LogP contribution in [0, 0.1) is 5.82 Å². The predicted octanol–water partition coefficient (Wildman–Crippen LogP) is 4.43. The summed E-state index contributed by atoms with van der Waals surface area (Å²) in [5.41, 5.74) is 0.124. The number of sulfonamides is 1. The smallest absolute Gasteiger partial charge is 0.240 e. The molecule has 3 rings (SSSR count). The van der Waals surface area contributed by atoms with Gasteiger partial charge >= 0.3 is 6.18 Å². The maximum atomic E-state index is 13.0. The first-order valence-corrected chi connectivity index (χ1v) is 9.86. The van der Waals surface area contributed by atoms with Gasteiger partial charge in [-0.2, -0.15) is 13.2 Å². The van der Waals surface area contributed by atoms with Crippen LogP contribution in [0.15, 0.2) is 59.8 Å². The van der Waals surface area contributed by atoms with Gasteiger partial charge in [0.1, 0.15) is 17.0 Å². The monoisotopic (exact) mass is 445 g/mol. The Morgan fingerprint density at radius 2 is 1.69 bits per heavy atom. The SMILES string of the molecule is O=S(=O)(NCc1cc(-c2ccc(F)cc2)ncn1)c1cc(C(F)(F)F)ccc1Cl. The third-order valence-electron chi connectivity index (χ3n) is 3.86. The zero-order valence-corrected chi connectivity index (χ0v) is 16.0. The van der Waals surface area contributed by atoms with E-state index >= 15 is 0 Å². The second kappa shape index (κ2) is 8.05. The first-order chi connectivity index (χ1) is 13.6. The lowest BCUT2D eigenvalue weighted by Crippen LogP contribution is -2.24. The van der Waals surface area contributed by atoms with E-state index in [1.165, 1.54) is 36.7 Å². The Hall–Kier alpha value is -2.56. The minimum atomic E-state index is -4.72. The summed E-state index contributed by atoms with van der Waals surface area (Å²) in [5, 5.41) is -0.347. The molecule has 0 aliphatic heterocycles. The zero-order chi connectivity index (χ0) is 21.2. The summed E-state index contributed by atoms with van der Waals surface area (Å²) in [4.78, 5) is 7.28. The fourth-order valence-electron chi connectivity index (χ4n) is 2.41. The minimum Gasteiger partial charge on any atom is -0.240 e. The number of nitrogens with zero attached hydrogens (tertiary/aromatic N) is 2. The Balaban J connectivity index is 1.83. The highest BCUT2D eigenvalue weighted by Gasteiger charge is 2.32. The standard InChI is InChI=1S/C18H12ClF4N3O2S/c19-15-6-3-12(18(21,22)23)7-17(15)29(27,28)26-9-14-8-16(25-10-24-14)11-1-4-13(20)5-2-11/h1-8,10,26H,9H2. The van der Waals surface area contributed by atoms with E-state index in [0.29, 0.717) is 23.4 Å². The van der Waals surface area contributed by atoms with Crippen molar-refractivity contribution in [2.24, 2.45) is 0 Å². The summed E-state index contributed by atoms with van der Waals surface area (Å²) in [5.74, 6) is -0.422. The van der Waals surface area contributed by atoms with Gasteiger partial charge in [0, 0.05) is 5.56 Å². The molecule has 0 fully saturated rings. The van der Waals surface area contributed by atoms with Gasteiger partial charge in [-0.1, -0.05) is 11.6 Å². The summed E-state index contributed by atoms with van der Waals surface area (Å²) in [7, 11) is -4.35.